The van der Waals surface area contributed by atoms with Crippen LogP contribution in [0.4, 0.5) is 0 Å². The minimum Gasteiger partial charge on any atom is -0.497 e. The second kappa shape index (κ2) is 8.06. The van der Waals surface area contributed by atoms with Gasteiger partial charge in [-0.15, -0.1) is 0 Å². The van der Waals surface area contributed by atoms with E-state index in [-0.39, 0.29) is 6.10 Å². The molecule has 1 unspecified atom stereocenters. The summed E-state index contributed by atoms with van der Waals surface area (Å²) < 4.78 is 10.0. The van der Waals surface area contributed by atoms with Crippen molar-refractivity contribution in [2.24, 2.45) is 0 Å². The van der Waals surface area contributed by atoms with E-state index in [1.807, 2.05) is 24.3 Å². The number of rotatable bonds is 8. The molecule has 96 valence electrons. The first-order valence-corrected chi connectivity index (χ1v) is 5.77. The van der Waals surface area contributed by atoms with Crippen molar-refractivity contribution in [1.29, 1.82) is 0 Å². The van der Waals surface area contributed by atoms with Gasteiger partial charge in [0.15, 0.2) is 0 Å². The van der Waals surface area contributed by atoms with Gasteiger partial charge in [-0.3, -0.25) is 0 Å². The van der Waals surface area contributed by atoms with Crippen molar-refractivity contribution in [2.45, 2.75) is 12.5 Å². The lowest BCUT2D eigenvalue weighted by molar-refractivity contribution is 0.160. The molecule has 0 aliphatic rings. The normalized spacial score (nSPS) is 12.4. The molecule has 2 N–H and O–H groups in total. The van der Waals surface area contributed by atoms with Crippen LogP contribution in [-0.4, -0.2) is 45.1 Å². The van der Waals surface area contributed by atoms with Crippen molar-refractivity contribution in [1.82, 2.24) is 5.32 Å². The fourth-order valence-electron chi connectivity index (χ4n) is 1.59. The number of aliphatic hydroxyl groups is 1. The fraction of sp³-hybridized carbons (Fsp3) is 0.538. The molecule has 1 aromatic rings. The molecular formula is C13H21NO3. The number of nitrogens with one attached hydrogen (secondary N) is 1. The molecule has 0 amide bonds. The van der Waals surface area contributed by atoms with Crippen LogP contribution in [0.1, 0.15) is 5.56 Å². The van der Waals surface area contributed by atoms with Gasteiger partial charge in [0.05, 0.1) is 19.8 Å². The number of methoxy groups -OCH3 is 2. The third kappa shape index (κ3) is 5.68. The number of hydrogen-bond acceptors (Lipinski definition) is 4. The van der Waals surface area contributed by atoms with Gasteiger partial charge in [-0.25, -0.2) is 0 Å². The molecule has 17 heavy (non-hydrogen) atoms. The summed E-state index contributed by atoms with van der Waals surface area (Å²) in [7, 11) is 3.30. The van der Waals surface area contributed by atoms with Crippen LogP contribution in [0.5, 0.6) is 5.75 Å². The van der Waals surface area contributed by atoms with Gasteiger partial charge in [0, 0.05) is 20.2 Å². The predicted molar refractivity (Wildman–Crippen MR) is 67.5 cm³/mol. The average molecular weight is 239 g/mol. The molecule has 1 atom stereocenters. The molecule has 0 spiro atoms. The molecule has 4 nitrogen and oxygen atoms in total. The molecular weight excluding hydrogens is 218 g/mol. The first-order valence-electron chi connectivity index (χ1n) is 5.77. The Hall–Kier alpha value is -1.10. The zero-order chi connectivity index (χ0) is 12.5. The van der Waals surface area contributed by atoms with Crippen molar-refractivity contribution < 1.29 is 14.6 Å². The SMILES string of the molecule is COCCNCC(O)Cc1cccc(OC)c1. The molecule has 0 bridgehead atoms. The molecule has 0 fully saturated rings. The summed E-state index contributed by atoms with van der Waals surface area (Å²) in [5.41, 5.74) is 1.07. The Bertz CT molecular complexity index is 317. The maximum absolute atomic E-state index is 9.82. The quantitative estimate of drug-likeness (QED) is 0.660. The van der Waals surface area contributed by atoms with Crippen LogP contribution in [0.3, 0.4) is 0 Å². The van der Waals surface area contributed by atoms with E-state index in [2.05, 4.69) is 5.32 Å². The van der Waals surface area contributed by atoms with E-state index in [1.165, 1.54) is 0 Å². The second-order valence-electron chi connectivity index (χ2n) is 3.91. The standard InChI is InChI=1S/C13H21NO3/c1-16-7-6-14-10-12(15)8-11-4-3-5-13(9-11)17-2/h3-5,9,12,14-15H,6-8,10H2,1-2H3. The highest BCUT2D eigenvalue weighted by atomic mass is 16.5. The monoisotopic (exact) mass is 239 g/mol. The first kappa shape index (κ1) is 14.0. The Morgan fingerprint density at radius 3 is 2.88 bits per heavy atom. The lowest BCUT2D eigenvalue weighted by Crippen LogP contribution is -2.30. The number of benzene rings is 1. The van der Waals surface area contributed by atoms with Crippen LogP contribution in [-0.2, 0) is 11.2 Å². The summed E-state index contributed by atoms with van der Waals surface area (Å²) in [6.45, 7) is 1.98. The van der Waals surface area contributed by atoms with Gasteiger partial charge in [0.1, 0.15) is 5.75 Å². The number of ether oxygens (including phenoxy) is 2. The van der Waals surface area contributed by atoms with Crippen molar-refractivity contribution in [3.05, 3.63) is 29.8 Å². The highest BCUT2D eigenvalue weighted by Gasteiger charge is 2.05. The van der Waals surface area contributed by atoms with Crippen molar-refractivity contribution >= 4 is 0 Å². The average Bonchev–Trinajstić information content (AvgIpc) is 2.35. The van der Waals surface area contributed by atoms with Gasteiger partial charge in [-0.05, 0) is 24.1 Å². The predicted octanol–water partition coefficient (Wildman–Crippen LogP) is 0.835. The van der Waals surface area contributed by atoms with Gasteiger partial charge in [0.2, 0.25) is 0 Å². The van der Waals surface area contributed by atoms with E-state index in [0.717, 1.165) is 17.9 Å². The molecule has 0 heterocycles. The smallest absolute Gasteiger partial charge is 0.119 e. The molecule has 0 aliphatic heterocycles. The molecule has 0 aromatic heterocycles. The summed E-state index contributed by atoms with van der Waals surface area (Å²) in [5, 5.41) is 13.0. The Kier molecular flexibility index (Phi) is 6.62. The largest absolute Gasteiger partial charge is 0.497 e. The van der Waals surface area contributed by atoms with Gasteiger partial charge >= 0.3 is 0 Å². The summed E-state index contributed by atoms with van der Waals surface area (Å²) in [5.74, 6) is 0.821. The van der Waals surface area contributed by atoms with Gasteiger partial charge < -0.3 is 19.9 Å². The van der Waals surface area contributed by atoms with Gasteiger partial charge in [0.25, 0.3) is 0 Å². The minimum atomic E-state index is -0.390. The van der Waals surface area contributed by atoms with E-state index in [1.54, 1.807) is 14.2 Å². The number of aliphatic hydroxyl groups excluding tert-OH is 1. The van der Waals surface area contributed by atoms with Crippen molar-refractivity contribution in [2.75, 3.05) is 33.9 Å². The molecule has 4 heteroatoms. The minimum absolute atomic E-state index is 0.390. The van der Waals surface area contributed by atoms with Crippen LogP contribution in [0, 0.1) is 0 Å². The first-order chi connectivity index (χ1) is 8.26. The van der Waals surface area contributed by atoms with Crippen LogP contribution >= 0.6 is 0 Å². The van der Waals surface area contributed by atoms with E-state index >= 15 is 0 Å². The maximum atomic E-state index is 9.82. The van der Waals surface area contributed by atoms with Crippen LogP contribution in [0.2, 0.25) is 0 Å². The van der Waals surface area contributed by atoms with E-state index in [4.69, 9.17) is 9.47 Å². The Morgan fingerprint density at radius 2 is 2.18 bits per heavy atom. The zero-order valence-corrected chi connectivity index (χ0v) is 10.5. The Balaban J connectivity index is 2.31. The molecule has 0 saturated heterocycles. The topological polar surface area (TPSA) is 50.7 Å². The summed E-state index contributed by atoms with van der Waals surface area (Å²) in [6, 6.07) is 7.76. The third-order valence-corrected chi connectivity index (χ3v) is 2.47. The van der Waals surface area contributed by atoms with Crippen molar-refractivity contribution in [3.63, 3.8) is 0 Å². The zero-order valence-electron chi connectivity index (χ0n) is 10.5. The Morgan fingerprint density at radius 1 is 1.35 bits per heavy atom. The van der Waals surface area contributed by atoms with E-state index in [9.17, 15) is 5.11 Å². The van der Waals surface area contributed by atoms with Crippen LogP contribution in [0.15, 0.2) is 24.3 Å². The lowest BCUT2D eigenvalue weighted by atomic mass is 10.1. The maximum Gasteiger partial charge on any atom is 0.119 e. The van der Waals surface area contributed by atoms with E-state index < -0.39 is 0 Å². The highest BCUT2D eigenvalue weighted by Crippen LogP contribution is 2.13. The fourth-order valence-corrected chi connectivity index (χ4v) is 1.59. The lowest BCUT2D eigenvalue weighted by Gasteiger charge is -2.12. The number of hydrogen-bond donors (Lipinski definition) is 2. The molecule has 1 aromatic carbocycles. The van der Waals surface area contributed by atoms with Crippen LogP contribution < -0.4 is 10.1 Å². The van der Waals surface area contributed by atoms with Crippen molar-refractivity contribution in [3.8, 4) is 5.75 Å². The summed E-state index contributed by atoms with van der Waals surface area (Å²) in [4.78, 5) is 0. The third-order valence-electron chi connectivity index (χ3n) is 2.47. The Labute approximate surface area is 103 Å². The molecule has 1 rings (SSSR count). The van der Waals surface area contributed by atoms with Gasteiger partial charge in [-0.2, -0.15) is 0 Å². The molecule has 0 radical (unpaired) electrons. The second-order valence-corrected chi connectivity index (χ2v) is 3.91. The van der Waals surface area contributed by atoms with Gasteiger partial charge in [-0.1, -0.05) is 12.1 Å². The van der Waals surface area contributed by atoms with E-state index in [0.29, 0.717) is 19.6 Å². The highest BCUT2D eigenvalue weighted by molar-refractivity contribution is 5.28. The molecule has 0 aliphatic carbocycles. The summed E-state index contributed by atoms with van der Waals surface area (Å²) >= 11 is 0. The molecule has 0 saturated carbocycles. The summed E-state index contributed by atoms with van der Waals surface area (Å²) in [6.07, 6.45) is 0.232. The van der Waals surface area contributed by atoms with Crippen LogP contribution in [0.25, 0.3) is 0 Å².